The standard InChI is InChI=1S/C15H14N2S/c1-10-17-14-7-4-12(9-15(14)18-10)8-11-2-5-13(16)6-3-11/h2-7,9H,8,16H2,1H3. The van der Waals surface area contributed by atoms with Crippen LogP contribution in [0.5, 0.6) is 0 Å². The van der Waals surface area contributed by atoms with Gasteiger partial charge in [0.15, 0.2) is 0 Å². The Hall–Kier alpha value is -1.87. The smallest absolute Gasteiger partial charge is 0.0907 e. The minimum Gasteiger partial charge on any atom is -0.399 e. The molecule has 2 N–H and O–H groups in total. The fourth-order valence-corrected chi connectivity index (χ4v) is 2.96. The molecule has 0 atom stereocenters. The molecule has 0 spiro atoms. The Kier molecular flexibility index (Phi) is 2.76. The number of aryl methyl sites for hydroxylation is 1. The van der Waals surface area contributed by atoms with E-state index in [2.05, 4.69) is 35.3 Å². The monoisotopic (exact) mass is 254 g/mol. The van der Waals surface area contributed by atoms with Crippen LogP contribution in [0.25, 0.3) is 10.2 Å². The van der Waals surface area contributed by atoms with Crippen molar-refractivity contribution in [3.63, 3.8) is 0 Å². The summed E-state index contributed by atoms with van der Waals surface area (Å²) in [6, 6.07) is 14.5. The number of hydrogen-bond acceptors (Lipinski definition) is 3. The van der Waals surface area contributed by atoms with Crippen LogP contribution in [0.2, 0.25) is 0 Å². The summed E-state index contributed by atoms with van der Waals surface area (Å²) in [5.41, 5.74) is 10.2. The lowest BCUT2D eigenvalue weighted by Crippen LogP contribution is -1.89. The fraction of sp³-hybridized carbons (Fsp3) is 0.133. The molecule has 2 aromatic carbocycles. The molecule has 0 fully saturated rings. The summed E-state index contributed by atoms with van der Waals surface area (Å²) >= 11 is 1.75. The second-order valence-corrected chi connectivity index (χ2v) is 5.69. The molecule has 3 heteroatoms. The third-order valence-corrected chi connectivity index (χ3v) is 3.88. The van der Waals surface area contributed by atoms with Crippen molar-refractivity contribution in [3.8, 4) is 0 Å². The van der Waals surface area contributed by atoms with E-state index in [4.69, 9.17) is 5.73 Å². The van der Waals surface area contributed by atoms with Crippen molar-refractivity contribution in [1.29, 1.82) is 0 Å². The highest BCUT2D eigenvalue weighted by Gasteiger charge is 2.02. The van der Waals surface area contributed by atoms with E-state index in [0.29, 0.717) is 0 Å². The van der Waals surface area contributed by atoms with Crippen molar-refractivity contribution in [3.05, 3.63) is 58.6 Å². The van der Waals surface area contributed by atoms with E-state index in [-0.39, 0.29) is 0 Å². The van der Waals surface area contributed by atoms with Gasteiger partial charge in [-0.2, -0.15) is 0 Å². The number of hydrogen-bond donors (Lipinski definition) is 1. The van der Waals surface area contributed by atoms with Crippen LogP contribution in [0.3, 0.4) is 0 Å². The third kappa shape index (κ3) is 2.22. The van der Waals surface area contributed by atoms with Gasteiger partial charge in [-0.25, -0.2) is 4.98 Å². The van der Waals surface area contributed by atoms with Gasteiger partial charge in [-0.05, 0) is 48.7 Å². The van der Waals surface area contributed by atoms with Gasteiger partial charge in [0.25, 0.3) is 0 Å². The molecule has 1 aromatic heterocycles. The summed E-state index contributed by atoms with van der Waals surface area (Å²) in [4.78, 5) is 4.47. The Morgan fingerprint density at radius 1 is 1.06 bits per heavy atom. The van der Waals surface area contributed by atoms with E-state index in [1.807, 2.05) is 19.1 Å². The first-order valence-electron chi connectivity index (χ1n) is 5.91. The molecule has 0 amide bonds. The zero-order chi connectivity index (χ0) is 12.5. The minimum atomic E-state index is 0.812. The lowest BCUT2D eigenvalue weighted by atomic mass is 10.0. The van der Waals surface area contributed by atoms with Crippen LogP contribution in [0.15, 0.2) is 42.5 Å². The molecule has 0 saturated heterocycles. The highest BCUT2D eigenvalue weighted by atomic mass is 32.1. The Labute approximate surface area is 110 Å². The first-order valence-corrected chi connectivity index (χ1v) is 6.73. The van der Waals surface area contributed by atoms with Crippen molar-refractivity contribution in [2.24, 2.45) is 0 Å². The molecule has 2 nitrogen and oxygen atoms in total. The second kappa shape index (κ2) is 4.42. The number of nitrogens with two attached hydrogens (primary N) is 1. The number of fused-ring (bicyclic) bond motifs is 1. The molecule has 0 aliphatic rings. The summed E-state index contributed by atoms with van der Waals surface area (Å²) in [6.07, 6.45) is 0.938. The summed E-state index contributed by atoms with van der Waals surface area (Å²) in [5, 5.41) is 1.12. The Bertz CT molecular complexity index is 683. The summed E-state index contributed by atoms with van der Waals surface area (Å²) in [6.45, 7) is 2.05. The van der Waals surface area contributed by atoms with E-state index in [1.54, 1.807) is 11.3 Å². The normalized spacial score (nSPS) is 10.9. The van der Waals surface area contributed by atoms with Gasteiger partial charge in [-0.1, -0.05) is 18.2 Å². The molecule has 3 aromatic rings. The van der Waals surface area contributed by atoms with Crippen LogP contribution in [0.1, 0.15) is 16.1 Å². The molecular weight excluding hydrogens is 240 g/mol. The summed E-state index contributed by atoms with van der Waals surface area (Å²) in [5.74, 6) is 0. The van der Waals surface area contributed by atoms with Gasteiger partial charge in [-0.3, -0.25) is 0 Å². The maximum atomic E-state index is 5.69. The second-order valence-electron chi connectivity index (χ2n) is 4.45. The molecule has 18 heavy (non-hydrogen) atoms. The molecule has 90 valence electrons. The number of anilines is 1. The largest absolute Gasteiger partial charge is 0.399 e. The Morgan fingerprint density at radius 2 is 1.78 bits per heavy atom. The predicted octanol–water partition coefficient (Wildman–Crippen LogP) is 3.78. The number of nitrogen functional groups attached to an aromatic ring is 1. The summed E-state index contributed by atoms with van der Waals surface area (Å²) in [7, 11) is 0. The van der Waals surface area contributed by atoms with E-state index >= 15 is 0 Å². The maximum Gasteiger partial charge on any atom is 0.0907 e. The Balaban J connectivity index is 1.92. The van der Waals surface area contributed by atoms with Gasteiger partial charge in [0, 0.05) is 5.69 Å². The zero-order valence-corrected chi connectivity index (χ0v) is 11.0. The van der Waals surface area contributed by atoms with Gasteiger partial charge in [0.1, 0.15) is 0 Å². The number of thiazole rings is 1. The molecule has 0 bridgehead atoms. The van der Waals surface area contributed by atoms with Crippen molar-refractivity contribution < 1.29 is 0 Å². The SMILES string of the molecule is Cc1nc2ccc(Cc3ccc(N)cc3)cc2s1. The number of nitrogens with zero attached hydrogens (tertiary/aromatic N) is 1. The summed E-state index contributed by atoms with van der Waals surface area (Å²) < 4.78 is 1.26. The van der Waals surface area contributed by atoms with Crippen LogP contribution in [-0.2, 0) is 6.42 Å². The van der Waals surface area contributed by atoms with E-state index in [0.717, 1.165) is 22.6 Å². The third-order valence-electron chi connectivity index (χ3n) is 2.95. The first kappa shape index (κ1) is 11.2. The number of rotatable bonds is 2. The van der Waals surface area contributed by atoms with E-state index in [9.17, 15) is 0 Å². The van der Waals surface area contributed by atoms with Gasteiger partial charge in [-0.15, -0.1) is 11.3 Å². The lowest BCUT2D eigenvalue weighted by Gasteiger charge is -2.02. The molecular formula is C15H14N2S. The molecule has 0 radical (unpaired) electrons. The minimum absolute atomic E-state index is 0.812. The number of benzene rings is 2. The predicted molar refractivity (Wildman–Crippen MR) is 78.0 cm³/mol. The molecule has 0 unspecified atom stereocenters. The maximum absolute atomic E-state index is 5.69. The van der Waals surface area contributed by atoms with Crippen LogP contribution < -0.4 is 5.73 Å². The van der Waals surface area contributed by atoms with Crippen molar-refractivity contribution in [2.75, 3.05) is 5.73 Å². The molecule has 1 heterocycles. The van der Waals surface area contributed by atoms with E-state index in [1.165, 1.54) is 15.8 Å². The van der Waals surface area contributed by atoms with Gasteiger partial charge < -0.3 is 5.73 Å². The zero-order valence-electron chi connectivity index (χ0n) is 10.2. The molecule has 0 saturated carbocycles. The topological polar surface area (TPSA) is 38.9 Å². The highest BCUT2D eigenvalue weighted by Crippen LogP contribution is 2.23. The van der Waals surface area contributed by atoms with Gasteiger partial charge in [0.2, 0.25) is 0 Å². The van der Waals surface area contributed by atoms with Crippen LogP contribution >= 0.6 is 11.3 Å². The average Bonchev–Trinajstić information content (AvgIpc) is 2.71. The fourth-order valence-electron chi connectivity index (χ4n) is 2.07. The lowest BCUT2D eigenvalue weighted by molar-refractivity contribution is 1.20. The highest BCUT2D eigenvalue weighted by molar-refractivity contribution is 7.18. The van der Waals surface area contributed by atoms with Gasteiger partial charge >= 0.3 is 0 Å². The van der Waals surface area contributed by atoms with Crippen LogP contribution in [0.4, 0.5) is 5.69 Å². The van der Waals surface area contributed by atoms with Crippen LogP contribution in [0, 0.1) is 6.92 Å². The molecule has 0 aliphatic heterocycles. The number of aromatic nitrogens is 1. The van der Waals surface area contributed by atoms with E-state index < -0.39 is 0 Å². The van der Waals surface area contributed by atoms with Crippen LogP contribution in [-0.4, -0.2) is 4.98 Å². The van der Waals surface area contributed by atoms with Crippen molar-refractivity contribution in [2.45, 2.75) is 13.3 Å². The Morgan fingerprint density at radius 3 is 2.56 bits per heavy atom. The van der Waals surface area contributed by atoms with Crippen molar-refractivity contribution in [1.82, 2.24) is 4.98 Å². The van der Waals surface area contributed by atoms with Gasteiger partial charge in [0.05, 0.1) is 15.2 Å². The first-order chi connectivity index (χ1) is 8.70. The average molecular weight is 254 g/mol. The quantitative estimate of drug-likeness (QED) is 0.707. The van der Waals surface area contributed by atoms with Crippen molar-refractivity contribution >= 4 is 27.2 Å². The molecule has 0 aliphatic carbocycles. The molecule has 3 rings (SSSR count).